The highest BCUT2D eigenvalue weighted by Gasteiger charge is 2.43. The maximum Gasteiger partial charge on any atom is 0.327 e. The topological polar surface area (TPSA) is 41.6 Å². The summed E-state index contributed by atoms with van der Waals surface area (Å²) in [7, 11) is 3.83. The van der Waals surface area contributed by atoms with Crippen molar-refractivity contribution < 1.29 is 9.53 Å². The molecule has 0 aromatic carbocycles. The highest BCUT2D eigenvalue weighted by molar-refractivity contribution is 5.81. The Morgan fingerprint density at radius 1 is 1.69 bits per heavy atom. The van der Waals surface area contributed by atoms with E-state index in [9.17, 15) is 4.79 Å². The van der Waals surface area contributed by atoms with E-state index in [-0.39, 0.29) is 5.97 Å². The summed E-state index contributed by atoms with van der Waals surface area (Å²) in [5, 5.41) is 3.08. The zero-order valence-corrected chi connectivity index (χ0v) is 8.59. The number of hydrogen-bond donors (Lipinski definition) is 1. The van der Waals surface area contributed by atoms with Crippen molar-refractivity contribution in [3.8, 4) is 0 Å². The van der Waals surface area contributed by atoms with Crippen molar-refractivity contribution in [3.63, 3.8) is 0 Å². The Balaban J connectivity index is 2.64. The highest BCUT2D eigenvalue weighted by Crippen LogP contribution is 2.21. The largest absolute Gasteiger partial charge is 0.465 e. The molecule has 0 bridgehead atoms. The van der Waals surface area contributed by atoms with Gasteiger partial charge in [0.2, 0.25) is 0 Å². The third kappa shape index (κ3) is 2.00. The molecule has 4 heteroatoms. The molecular weight excluding hydrogens is 168 g/mol. The Labute approximate surface area is 79.2 Å². The first-order chi connectivity index (χ1) is 6.14. The lowest BCUT2D eigenvalue weighted by atomic mass is 9.99. The summed E-state index contributed by atoms with van der Waals surface area (Å²) < 4.78 is 5.04. The van der Waals surface area contributed by atoms with Gasteiger partial charge >= 0.3 is 5.97 Å². The molecule has 1 fully saturated rings. The molecule has 1 heterocycles. The molecule has 0 saturated carbocycles. The number of rotatable bonds is 3. The number of likely N-dealkylation sites (N-methyl/N-ethyl adjacent to an activating group) is 2. The molecule has 1 saturated heterocycles. The minimum absolute atomic E-state index is 0.123. The van der Waals surface area contributed by atoms with Crippen molar-refractivity contribution in [3.05, 3.63) is 0 Å². The summed E-state index contributed by atoms with van der Waals surface area (Å²) in [6, 6.07) is 0. The van der Waals surface area contributed by atoms with Gasteiger partial charge in [0.1, 0.15) is 5.54 Å². The third-order valence-corrected chi connectivity index (χ3v) is 2.60. The maximum atomic E-state index is 11.6. The van der Waals surface area contributed by atoms with Crippen LogP contribution in [0.2, 0.25) is 0 Å². The van der Waals surface area contributed by atoms with Gasteiger partial charge in [-0.25, -0.2) is 4.79 Å². The number of ether oxygens (including phenoxy) is 1. The molecule has 13 heavy (non-hydrogen) atoms. The van der Waals surface area contributed by atoms with Crippen LogP contribution in [-0.2, 0) is 9.53 Å². The van der Waals surface area contributed by atoms with Crippen molar-refractivity contribution in [1.29, 1.82) is 0 Å². The van der Waals surface area contributed by atoms with Crippen LogP contribution in [0.4, 0.5) is 0 Å². The minimum Gasteiger partial charge on any atom is -0.465 e. The Morgan fingerprint density at radius 2 is 2.38 bits per heavy atom. The lowest BCUT2D eigenvalue weighted by Crippen LogP contribution is -2.53. The van der Waals surface area contributed by atoms with Crippen LogP contribution in [0, 0.1) is 0 Å². The molecule has 0 amide bonds. The summed E-state index contributed by atoms with van der Waals surface area (Å²) in [6.45, 7) is 3.97. The van der Waals surface area contributed by atoms with Crippen LogP contribution in [0.1, 0.15) is 13.3 Å². The zero-order chi connectivity index (χ0) is 9.90. The quantitative estimate of drug-likeness (QED) is 0.622. The van der Waals surface area contributed by atoms with Gasteiger partial charge in [0.05, 0.1) is 6.61 Å². The van der Waals surface area contributed by atoms with E-state index in [2.05, 4.69) is 10.2 Å². The molecule has 4 nitrogen and oxygen atoms in total. The molecule has 0 aromatic rings. The van der Waals surface area contributed by atoms with Crippen molar-refractivity contribution >= 4 is 5.97 Å². The first-order valence-corrected chi connectivity index (χ1v) is 4.69. The normalized spacial score (nSPS) is 29.2. The number of likely N-dealkylation sites (tertiary alicyclic amines) is 1. The molecule has 1 N–H and O–H groups in total. The van der Waals surface area contributed by atoms with E-state index in [0.717, 1.165) is 19.5 Å². The summed E-state index contributed by atoms with van der Waals surface area (Å²) in [5.74, 6) is -0.123. The number of esters is 1. The monoisotopic (exact) mass is 186 g/mol. The molecule has 1 aliphatic heterocycles. The second-order valence-corrected chi connectivity index (χ2v) is 3.54. The summed E-state index contributed by atoms with van der Waals surface area (Å²) in [5.41, 5.74) is -0.467. The Kier molecular flexibility index (Phi) is 3.27. The first-order valence-electron chi connectivity index (χ1n) is 4.69. The number of hydrogen-bond acceptors (Lipinski definition) is 4. The van der Waals surface area contributed by atoms with Crippen LogP contribution in [0.5, 0.6) is 0 Å². The fourth-order valence-corrected chi connectivity index (χ4v) is 1.74. The molecule has 0 aromatic heterocycles. The van der Waals surface area contributed by atoms with E-state index in [4.69, 9.17) is 4.74 Å². The maximum absolute atomic E-state index is 11.6. The fourth-order valence-electron chi connectivity index (χ4n) is 1.74. The molecule has 0 aliphatic carbocycles. The predicted octanol–water partition coefficient (Wildman–Crippen LogP) is -0.157. The molecule has 1 atom stereocenters. The molecule has 1 unspecified atom stereocenters. The van der Waals surface area contributed by atoms with E-state index in [1.165, 1.54) is 0 Å². The summed E-state index contributed by atoms with van der Waals surface area (Å²) >= 11 is 0. The smallest absolute Gasteiger partial charge is 0.327 e. The van der Waals surface area contributed by atoms with Gasteiger partial charge in [0.15, 0.2) is 0 Å². The second-order valence-electron chi connectivity index (χ2n) is 3.54. The van der Waals surface area contributed by atoms with Crippen molar-refractivity contribution in [2.24, 2.45) is 0 Å². The summed E-state index contributed by atoms with van der Waals surface area (Å²) in [4.78, 5) is 13.8. The van der Waals surface area contributed by atoms with Crippen molar-refractivity contribution in [2.75, 3.05) is 33.8 Å². The van der Waals surface area contributed by atoms with Crippen molar-refractivity contribution in [2.45, 2.75) is 18.9 Å². The molecular formula is C9H18N2O2. The molecule has 76 valence electrons. The molecule has 0 spiro atoms. The number of nitrogens with one attached hydrogen (secondary N) is 1. The van der Waals surface area contributed by atoms with Crippen LogP contribution in [-0.4, -0.2) is 50.2 Å². The van der Waals surface area contributed by atoms with E-state index >= 15 is 0 Å². The molecule has 0 radical (unpaired) electrons. The number of carbonyl (C=O) groups excluding carboxylic acids is 1. The lowest BCUT2D eigenvalue weighted by molar-refractivity contribution is -0.150. The predicted molar refractivity (Wildman–Crippen MR) is 50.5 cm³/mol. The number of nitrogens with zero attached hydrogens (tertiary/aromatic N) is 1. The van der Waals surface area contributed by atoms with Gasteiger partial charge in [-0.3, -0.25) is 0 Å². The third-order valence-electron chi connectivity index (χ3n) is 2.60. The van der Waals surface area contributed by atoms with Crippen LogP contribution in [0.15, 0.2) is 0 Å². The van der Waals surface area contributed by atoms with Gasteiger partial charge in [-0.2, -0.15) is 0 Å². The Bertz CT molecular complexity index is 196. The van der Waals surface area contributed by atoms with E-state index in [1.807, 2.05) is 21.0 Å². The standard InChI is InChI=1S/C9H18N2O2/c1-4-13-8(12)9(10-2)5-6-11(3)7-9/h10H,4-7H2,1-3H3. The van der Waals surface area contributed by atoms with Crippen LogP contribution < -0.4 is 5.32 Å². The number of carbonyl (C=O) groups is 1. The van der Waals surface area contributed by atoms with Gasteiger partial charge in [-0.1, -0.05) is 0 Å². The average molecular weight is 186 g/mol. The van der Waals surface area contributed by atoms with E-state index in [0.29, 0.717) is 6.61 Å². The zero-order valence-electron chi connectivity index (χ0n) is 8.59. The van der Waals surface area contributed by atoms with Crippen LogP contribution in [0.3, 0.4) is 0 Å². The van der Waals surface area contributed by atoms with Gasteiger partial charge in [0, 0.05) is 13.1 Å². The average Bonchev–Trinajstić information content (AvgIpc) is 2.49. The highest BCUT2D eigenvalue weighted by atomic mass is 16.5. The van der Waals surface area contributed by atoms with Gasteiger partial charge < -0.3 is 15.0 Å². The van der Waals surface area contributed by atoms with Crippen molar-refractivity contribution in [1.82, 2.24) is 10.2 Å². The Morgan fingerprint density at radius 3 is 2.77 bits per heavy atom. The van der Waals surface area contributed by atoms with Crippen LogP contribution >= 0.6 is 0 Å². The molecule has 1 rings (SSSR count). The van der Waals surface area contributed by atoms with Gasteiger partial charge in [-0.05, 0) is 27.4 Å². The first kappa shape index (κ1) is 10.5. The Hall–Kier alpha value is -0.610. The van der Waals surface area contributed by atoms with Gasteiger partial charge in [-0.15, -0.1) is 0 Å². The second kappa shape index (κ2) is 4.07. The fraction of sp³-hybridized carbons (Fsp3) is 0.889. The summed E-state index contributed by atoms with van der Waals surface area (Å²) in [6.07, 6.45) is 0.832. The van der Waals surface area contributed by atoms with Crippen LogP contribution in [0.25, 0.3) is 0 Å². The minimum atomic E-state index is -0.467. The molecule has 1 aliphatic rings. The van der Waals surface area contributed by atoms with E-state index < -0.39 is 5.54 Å². The van der Waals surface area contributed by atoms with E-state index in [1.54, 1.807) is 0 Å². The SMILES string of the molecule is CCOC(=O)C1(NC)CCN(C)C1. The van der Waals surface area contributed by atoms with Gasteiger partial charge in [0.25, 0.3) is 0 Å². The lowest BCUT2D eigenvalue weighted by Gasteiger charge is -2.25.